The standard InChI is InChI=1S/C25H25N3O2/c29-25-23(20-12-5-2-6-13-20)30-22-14-9-15-26-24(22)28(25)21(18-27-16-7-8-17-27)19-10-3-1-4-11-19/h1-6,9-15,21,23H,7-8,16-18H2. The number of likely N-dealkylation sites (tertiary alicyclic amines) is 1. The summed E-state index contributed by atoms with van der Waals surface area (Å²) in [6, 6.07) is 23.6. The van der Waals surface area contributed by atoms with E-state index in [-0.39, 0.29) is 11.9 Å². The van der Waals surface area contributed by atoms with E-state index in [1.54, 1.807) is 6.20 Å². The summed E-state index contributed by atoms with van der Waals surface area (Å²) in [4.78, 5) is 22.7. The van der Waals surface area contributed by atoms with Crippen LogP contribution in [-0.2, 0) is 4.79 Å². The lowest BCUT2D eigenvalue weighted by Crippen LogP contribution is -2.47. The number of carbonyl (C=O) groups excluding carboxylic acids is 1. The average Bonchev–Trinajstić information content (AvgIpc) is 3.32. The van der Waals surface area contributed by atoms with E-state index in [4.69, 9.17) is 4.74 Å². The first-order valence-corrected chi connectivity index (χ1v) is 10.6. The first-order valence-electron chi connectivity index (χ1n) is 10.6. The minimum absolute atomic E-state index is 0.0690. The SMILES string of the molecule is O=C1C(c2ccccc2)Oc2cccnc2N1C(CN1CCCC1)c1ccccc1. The summed E-state index contributed by atoms with van der Waals surface area (Å²) in [5, 5.41) is 0. The smallest absolute Gasteiger partial charge is 0.274 e. The van der Waals surface area contributed by atoms with Crippen molar-refractivity contribution in [2.75, 3.05) is 24.5 Å². The molecule has 5 rings (SSSR count). The molecule has 2 aliphatic heterocycles. The Labute approximate surface area is 176 Å². The van der Waals surface area contributed by atoms with Crippen LogP contribution < -0.4 is 9.64 Å². The Morgan fingerprint density at radius 1 is 0.933 bits per heavy atom. The van der Waals surface area contributed by atoms with Gasteiger partial charge in [-0.1, -0.05) is 60.7 Å². The van der Waals surface area contributed by atoms with E-state index in [1.165, 1.54) is 12.8 Å². The van der Waals surface area contributed by atoms with Crippen molar-refractivity contribution in [2.45, 2.75) is 25.0 Å². The predicted molar refractivity (Wildman–Crippen MR) is 116 cm³/mol. The number of amides is 1. The van der Waals surface area contributed by atoms with Crippen molar-refractivity contribution in [1.82, 2.24) is 9.88 Å². The highest BCUT2D eigenvalue weighted by Gasteiger charge is 2.41. The molecule has 0 saturated carbocycles. The maximum absolute atomic E-state index is 13.8. The van der Waals surface area contributed by atoms with Gasteiger partial charge in [-0.05, 0) is 43.6 Å². The van der Waals surface area contributed by atoms with E-state index in [0.29, 0.717) is 11.6 Å². The van der Waals surface area contributed by atoms with E-state index < -0.39 is 6.10 Å². The van der Waals surface area contributed by atoms with Crippen LogP contribution in [0.15, 0.2) is 79.0 Å². The molecule has 0 aliphatic carbocycles. The van der Waals surface area contributed by atoms with Gasteiger partial charge in [0, 0.05) is 18.3 Å². The Kier molecular flexibility index (Phi) is 5.20. The van der Waals surface area contributed by atoms with Gasteiger partial charge >= 0.3 is 0 Å². The van der Waals surface area contributed by atoms with E-state index in [2.05, 4.69) is 22.0 Å². The molecule has 30 heavy (non-hydrogen) atoms. The molecule has 2 aromatic carbocycles. The van der Waals surface area contributed by atoms with Crippen LogP contribution in [0.1, 0.15) is 36.1 Å². The Morgan fingerprint density at radius 3 is 2.37 bits per heavy atom. The number of carbonyl (C=O) groups is 1. The van der Waals surface area contributed by atoms with Crippen LogP contribution in [0, 0.1) is 0 Å². The van der Waals surface area contributed by atoms with Crippen LogP contribution in [0.25, 0.3) is 0 Å². The number of nitrogens with zero attached hydrogens (tertiary/aromatic N) is 3. The second-order valence-electron chi connectivity index (χ2n) is 7.88. The summed E-state index contributed by atoms with van der Waals surface area (Å²) in [5.74, 6) is 1.18. The number of rotatable bonds is 5. The molecular formula is C25H25N3O2. The molecule has 2 atom stereocenters. The number of aromatic nitrogens is 1. The molecule has 0 spiro atoms. The number of fused-ring (bicyclic) bond motifs is 1. The summed E-state index contributed by atoms with van der Waals surface area (Å²) in [7, 11) is 0. The van der Waals surface area contributed by atoms with E-state index >= 15 is 0 Å². The van der Waals surface area contributed by atoms with Crippen molar-refractivity contribution in [3.05, 3.63) is 90.1 Å². The summed E-state index contributed by atoms with van der Waals surface area (Å²) in [6.45, 7) is 2.92. The van der Waals surface area contributed by atoms with E-state index in [9.17, 15) is 4.79 Å². The quantitative estimate of drug-likeness (QED) is 0.639. The van der Waals surface area contributed by atoms with Crippen LogP contribution in [0.3, 0.4) is 0 Å². The molecule has 0 N–H and O–H groups in total. The van der Waals surface area contributed by atoms with E-state index in [1.807, 2.05) is 65.6 Å². The first-order chi connectivity index (χ1) is 14.8. The highest BCUT2D eigenvalue weighted by Crippen LogP contribution is 2.41. The second-order valence-corrected chi connectivity index (χ2v) is 7.88. The highest BCUT2D eigenvalue weighted by atomic mass is 16.5. The lowest BCUT2D eigenvalue weighted by atomic mass is 10.0. The largest absolute Gasteiger partial charge is 0.472 e. The molecule has 1 aromatic heterocycles. The summed E-state index contributed by atoms with van der Waals surface area (Å²) < 4.78 is 6.15. The fourth-order valence-electron chi connectivity index (χ4n) is 4.42. The van der Waals surface area contributed by atoms with Crippen molar-refractivity contribution >= 4 is 11.7 Å². The minimum atomic E-state index is -0.673. The zero-order valence-electron chi connectivity index (χ0n) is 16.9. The zero-order valence-corrected chi connectivity index (χ0v) is 16.9. The molecule has 2 aliphatic rings. The van der Waals surface area contributed by atoms with Crippen LogP contribution in [0.5, 0.6) is 5.75 Å². The molecule has 5 heteroatoms. The maximum atomic E-state index is 13.8. The molecular weight excluding hydrogens is 374 g/mol. The monoisotopic (exact) mass is 399 g/mol. The van der Waals surface area contributed by atoms with Gasteiger partial charge in [-0.3, -0.25) is 9.69 Å². The van der Waals surface area contributed by atoms with Gasteiger partial charge in [-0.15, -0.1) is 0 Å². The Balaban J connectivity index is 1.59. The number of benzene rings is 2. The third-order valence-electron chi connectivity index (χ3n) is 5.91. The van der Waals surface area contributed by atoms with Crippen molar-refractivity contribution < 1.29 is 9.53 Å². The molecule has 3 heterocycles. The summed E-state index contributed by atoms with van der Waals surface area (Å²) >= 11 is 0. The van der Waals surface area contributed by atoms with Crippen LogP contribution >= 0.6 is 0 Å². The number of pyridine rings is 1. The van der Waals surface area contributed by atoms with Gasteiger partial charge < -0.3 is 9.64 Å². The normalized spacial score (nSPS) is 19.9. The van der Waals surface area contributed by atoms with E-state index in [0.717, 1.165) is 30.8 Å². The minimum Gasteiger partial charge on any atom is -0.472 e. The Bertz CT molecular complexity index is 1000. The fraction of sp³-hybridized carbons (Fsp3) is 0.280. The summed E-state index contributed by atoms with van der Waals surface area (Å²) in [5.41, 5.74) is 1.97. The van der Waals surface area contributed by atoms with Crippen LogP contribution in [0.4, 0.5) is 5.82 Å². The second kappa shape index (κ2) is 8.28. The molecule has 0 bridgehead atoms. The molecule has 3 aromatic rings. The van der Waals surface area contributed by atoms with Gasteiger partial charge in [-0.25, -0.2) is 4.98 Å². The molecule has 1 fully saturated rings. The zero-order chi connectivity index (χ0) is 20.3. The molecule has 1 amide bonds. The topological polar surface area (TPSA) is 45.7 Å². The molecule has 1 saturated heterocycles. The van der Waals surface area contributed by atoms with Gasteiger partial charge in [0.1, 0.15) is 0 Å². The van der Waals surface area contributed by atoms with Gasteiger partial charge in [0.15, 0.2) is 11.6 Å². The lowest BCUT2D eigenvalue weighted by molar-refractivity contribution is -0.127. The Hall–Kier alpha value is -3.18. The third kappa shape index (κ3) is 3.57. The van der Waals surface area contributed by atoms with Gasteiger partial charge in [0.2, 0.25) is 6.10 Å². The van der Waals surface area contributed by atoms with Crippen LogP contribution in [0.2, 0.25) is 0 Å². The molecule has 152 valence electrons. The molecule has 5 nitrogen and oxygen atoms in total. The van der Waals surface area contributed by atoms with Crippen molar-refractivity contribution in [3.63, 3.8) is 0 Å². The van der Waals surface area contributed by atoms with Gasteiger partial charge in [-0.2, -0.15) is 0 Å². The average molecular weight is 399 g/mol. The number of hydrogen-bond donors (Lipinski definition) is 0. The van der Waals surface area contributed by atoms with Gasteiger partial charge in [0.05, 0.1) is 6.04 Å². The van der Waals surface area contributed by atoms with Crippen LogP contribution in [-0.4, -0.2) is 35.4 Å². The molecule has 0 radical (unpaired) electrons. The lowest BCUT2D eigenvalue weighted by Gasteiger charge is -2.39. The van der Waals surface area contributed by atoms with Crippen molar-refractivity contribution in [3.8, 4) is 5.75 Å². The fourth-order valence-corrected chi connectivity index (χ4v) is 4.42. The third-order valence-corrected chi connectivity index (χ3v) is 5.91. The van der Waals surface area contributed by atoms with Crippen molar-refractivity contribution in [1.29, 1.82) is 0 Å². The Morgan fingerprint density at radius 2 is 1.63 bits per heavy atom. The first kappa shape index (κ1) is 18.8. The maximum Gasteiger partial charge on any atom is 0.274 e. The van der Waals surface area contributed by atoms with Crippen molar-refractivity contribution in [2.24, 2.45) is 0 Å². The van der Waals surface area contributed by atoms with Gasteiger partial charge in [0.25, 0.3) is 5.91 Å². The highest BCUT2D eigenvalue weighted by molar-refractivity contribution is 6.00. The number of hydrogen-bond acceptors (Lipinski definition) is 4. The number of anilines is 1. The molecule has 2 unspecified atom stereocenters. The predicted octanol–water partition coefficient (Wildman–Crippen LogP) is 4.39. The number of ether oxygens (including phenoxy) is 1. The summed E-state index contributed by atoms with van der Waals surface area (Å²) in [6.07, 6.45) is 3.47.